The van der Waals surface area contributed by atoms with Crippen LogP contribution >= 0.6 is 0 Å². The van der Waals surface area contributed by atoms with Crippen LogP contribution in [0.1, 0.15) is 20.3 Å². The molecule has 22 heavy (non-hydrogen) atoms. The molecule has 2 aromatic rings. The van der Waals surface area contributed by atoms with Crippen molar-refractivity contribution in [1.29, 1.82) is 0 Å². The first-order valence-electron chi connectivity index (χ1n) is 7.64. The molecule has 0 aliphatic carbocycles. The van der Waals surface area contributed by atoms with Crippen molar-refractivity contribution in [2.24, 2.45) is 11.7 Å². The van der Waals surface area contributed by atoms with E-state index < -0.39 is 13.0 Å². The summed E-state index contributed by atoms with van der Waals surface area (Å²) >= 11 is 0. The van der Waals surface area contributed by atoms with E-state index in [4.69, 9.17) is 10.4 Å². The zero-order valence-electron chi connectivity index (χ0n) is 13.1. The Hall–Kier alpha value is -2.07. The van der Waals surface area contributed by atoms with Crippen LogP contribution in [0.2, 0.25) is 0 Å². The lowest BCUT2D eigenvalue weighted by Crippen LogP contribution is -2.49. The van der Waals surface area contributed by atoms with Crippen LogP contribution in [0.15, 0.2) is 60.7 Å². The molecule has 0 saturated heterocycles. The molecule has 0 radical (unpaired) electrons. The Morgan fingerprint density at radius 3 is 1.86 bits per heavy atom. The van der Waals surface area contributed by atoms with E-state index in [9.17, 15) is 4.79 Å². The summed E-state index contributed by atoms with van der Waals surface area (Å²) in [6, 6.07) is 18.9. The summed E-state index contributed by atoms with van der Waals surface area (Å²) in [6.45, 7) is 3.66. The lowest BCUT2D eigenvalue weighted by atomic mass is 9.55. The number of carbonyl (C=O) groups excluding carboxylic acids is 1. The maximum absolute atomic E-state index is 12.3. The molecule has 0 spiro atoms. The minimum atomic E-state index is -0.588. The molecule has 0 saturated carbocycles. The molecule has 0 aromatic heterocycles. The van der Waals surface area contributed by atoms with E-state index >= 15 is 0 Å². The molecule has 4 heteroatoms. The number of hydrogen-bond acceptors (Lipinski definition) is 3. The molecule has 1 atom stereocenters. The second-order valence-corrected chi connectivity index (χ2v) is 5.87. The summed E-state index contributed by atoms with van der Waals surface area (Å²) < 4.78 is 5.72. The van der Waals surface area contributed by atoms with E-state index in [-0.39, 0.29) is 5.97 Å². The van der Waals surface area contributed by atoms with Gasteiger partial charge in [0.25, 0.3) is 0 Å². The van der Waals surface area contributed by atoms with Crippen molar-refractivity contribution in [1.82, 2.24) is 0 Å². The van der Waals surface area contributed by atoms with Gasteiger partial charge in [-0.2, -0.15) is 0 Å². The van der Waals surface area contributed by atoms with Crippen molar-refractivity contribution in [3.8, 4) is 0 Å². The number of benzene rings is 2. The predicted octanol–water partition coefficient (Wildman–Crippen LogP) is 1.71. The van der Waals surface area contributed by atoms with Crippen LogP contribution in [0.5, 0.6) is 0 Å². The minimum absolute atomic E-state index is 0.355. The van der Waals surface area contributed by atoms with E-state index in [2.05, 4.69) is 0 Å². The van der Waals surface area contributed by atoms with Crippen LogP contribution in [0.25, 0.3) is 0 Å². The van der Waals surface area contributed by atoms with Crippen LogP contribution in [0.3, 0.4) is 0 Å². The monoisotopic (exact) mass is 295 g/mol. The van der Waals surface area contributed by atoms with Gasteiger partial charge in [-0.05, 0) is 23.3 Å². The Labute approximate surface area is 132 Å². The molecule has 0 heterocycles. The summed E-state index contributed by atoms with van der Waals surface area (Å²) in [6.07, 6.45) is 0.620. The van der Waals surface area contributed by atoms with Gasteiger partial charge in [0, 0.05) is 0 Å². The van der Waals surface area contributed by atoms with Crippen molar-refractivity contribution in [2.45, 2.75) is 26.3 Å². The molecular weight excluding hydrogens is 273 g/mol. The highest BCUT2D eigenvalue weighted by atomic mass is 16.5. The number of hydrogen-bond donors (Lipinski definition) is 1. The van der Waals surface area contributed by atoms with Gasteiger partial charge in [0.2, 0.25) is 0 Å². The van der Waals surface area contributed by atoms with Crippen LogP contribution in [0.4, 0.5) is 0 Å². The maximum atomic E-state index is 12.3. The topological polar surface area (TPSA) is 52.3 Å². The molecule has 2 rings (SSSR count). The maximum Gasteiger partial charge on any atom is 0.429 e. The molecule has 2 aromatic carbocycles. The van der Waals surface area contributed by atoms with Gasteiger partial charge >= 0.3 is 12.9 Å². The molecule has 0 fully saturated rings. The lowest BCUT2D eigenvalue weighted by Gasteiger charge is -2.19. The van der Waals surface area contributed by atoms with Crippen molar-refractivity contribution < 1.29 is 9.45 Å². The van der Waals surface area contributed by atoms with Gasteiger partial charge < -0.3 is 10.4 Å². The lowest BCUT2D eigenvalue weighted by molar-refractivity contribution is -0.136. The second kappa shape index (κ2) is 7.80. The first-order chi connectivity index (χ1) is 10.6. The van der Waals surface area contributed by atoms with Gasteiger partial charge in [0.05, 0.1) is 0 Å². The molecule has 0 bridgehead atoms. The zero-order valence-corrected chi connectivity index (χ0v) is 13.1. The SMILES string of the molecule is CC(C)C[C@H](N)C(=O)OB(c1ccccc1)c1ccccc1. The highest BCUT2D eigenvalue weighted by Crippen LogP contribution is 2.05. The van der Waals surface area contributed by atoms with E-state index in [1.165, 1.54) is 0 Å². The molecule has 0 aliphatic rings. The van der Waals surface area contributed by atoms with Gasteiger partial charge in [-0.1, -0.05) is 74.5 Å². The quantitative estimate of drug-likeness (QED) is 0.825. The van der Waals surface area contributed by atoms with Crippen molar-refractivity contribution >= 4 is 23.8 Å². The second-order valence-electron chi connectivity index (χ2n) is 5.87. The molecule has 3 nitrogen and oxygen atoms in total. The van der Waals surface area contributed by atoms with Crippen LogP contribution in [-0.2, 0) is 9.45 Å². The average molecular weight is 295 g/mol. The summed E-state index contributed by atoms with van der Waals surface area (Å²) in [7, 11) is 0. The highest BCUT2D eigenvalue weighted by Gasteiger charge is 2.28. The first-order valence-corrected chi connectivity index (χ1v) is 7.64. The zero-order chi connectivity index (χ0) is 15.9. The Balaban J connectivity index is 2.21. The summed E-state index contributed by atoms with van der Waals surface area (Å²) in [5.74, 6) is 0.000793. The van der Waals surface area contributed by atoms with Gasteiger partial charge in [-0.15, -0.1) is 0 Å². The molecule has 0 aliphatic heterocycles. The largest absolute Gasteiger partial charge is 0.525 e. The van der Waals surface area contributed by atoms with Crippen LogP contribution in [-0.4, -0.2) is 18.9 Å². The predicted molar refractivity (Wildman–Crippen MR) is 91.4 cm³/mol. The van der Waals surface area contributed by atoms with Crippen molar-refractivity contribution in [2.75, 3.05) is 0 Å². The Morgan fingerprint density at radius 2 is 1.45 bits per heavy atom. The fourth-order valence-corrected chi connectivity index (χ4v) is 2.39. The summed E-state index contributed by atoms with van der Waals surface area (Å²) in [5.41, 5.74) is 7.83. The Kier molecular flexibility index (Phi) is 5.79. The molecule has 0 unspecified atom stereocenters. The number of nitrogens with two attached hydrogens (primary N) is 1. The van der Waals surface area contributed by atoms with Gasteiger partial charge in [0.15, 0.2) is 0 Å². The van der Waals surface area contributed by atoms with Crippen LogP contribution in [0, 0.1) is 5.92 Å². The van der Waals surface area contributed by atoms with Gasteiger partial charge in [-0.25, -0.2) is 0 Å². The fourth-order valence-electron chi connectivity index (χ4n) is 2.39. The van der Waals surface area contributed by atoms with Crippen molar-refractivity contribution in [3.05, 3.63) is 60.7 Å². The highest BCUT2D eigenvalue weighted by molar-refractivity contribution is 6.81. The smallest absolute Gasteiger partial charge is 0.429 e. The van der Waals surface area contributed by atoms with E-state index in [0.29, 0.717) is 12.3 Å². The average Bonchev–Trinajstić information content (AvgIpc) is 2.53. The van der Waals surface area contributed by atoms with Crippen LogP contribution < -0.4 is 16.7 Å². The minimum Gasteiger partial charge on any atom is -0.525 e. The Bertz CT molecular complexity index is 547. The normalized spacial score (nSPS) is 12.0. The Morgan fingerprint density at radius 1 is 1.00 bits per heavy atom. The molecule has 2 N–H and O–H groups in total. The molecular formula is C18H22BNO2. The van der Waals surface area contributed by atoms with E-state index in [0.717, 1.165) is 10.9 Å². The fraction of sp³-hybridized carbons (Fsp3) is 0.278. The van der Waals surface area contributed by atoms with E-state index in [1.54, 1.807) is 0 Å². The van der Waals surface area contributed by atoms with Gasteiger partial charge in [-0.3, -0.25) is 4.79 Å². The standard InChI is InChI=1S/C18H22BNO2/c1-14(2)13-17(20)18(21)22-19(15-9-5-3-6-10-15)16-11-7-4-8-12-16/h3-12,14,17H,13,20H2,1-2H3/t17-/m0/s1. The van der Waals surface area contributed by atoms with E-state index in [1.807, 2.05) is 74.5 Å². The first kappa shape index (κ1) is 16.3. The summed E-state index contributed by atoms with van der Waals surface area (Å²) in [4.78, 5) is 12.3. The molecule has 114 valence electrons. The van der Waals surface area contributed by atoms with Crippen molar-refractivity contribution in [3.63, 3.8) is 0 Å². The number of rotatable bonds is 6. The third-order valence-corrected chi connectivity index (χ3v) is 3.47. The van der Waals surface area contributed by atoms with Gasteiger partial charge in [0.1, 0.15) is 6.04 Å². The molecule has 0 amide bonds. The number of carbonyl (C=O) groups is 1. The summed E-state index contributed by atoms with van der Waals surface area (Å²) in [5, 5.41) is 0. The third kappa shape index (κ3) is 4.47. The third-order valence-electron chi connectivity index (χ3n) is 3.47.